The lowest BCUT2D eigenvalue weighted by atomic mass is 10.3. The summed E-state index contributed by atoms with van der Waals surface area (Å²) in [6.45, 7) is 0. The number of nitrogens with two attached hydrogens (primary N) is 1. The minimum Gasteiger partial charge on any atom is -0.375 e. The summed E-state index contributed by atoms with van der Waals surface area (Å²) in [6, 6.07) is 0. The molecule has 0 amide bonds. The lowest BCUT2D eigenvalue weighted by Gasteiger charge is -1.88. The number of hydrogen-bond donors (Lipinski definition) is 1. The summed E-state index contributed by atoms with van der Waals surface area (Å²) in [7, 11) is 0. The number of halogens is 2. The Labute approximate surface area is 92.3 Å². The third-order valence-electron chi connectivity index (χ3n) is 1.36. The van der Waals surface area contributed by atoms with Crippen molar-refractivity contribution in [1.29, 1.82) is 0 Å². The molecule has 2 aromatic rings. The lowest BCUT2D eigenvalue weighted by Crippen LogP contribution is -1.82. The molecule has 13 heavy (non-hydrogen) atoms. The number of nitrogens with zero attached hydrogens (tertiary/aromatic N) is 2. The summed E-state index contributed by atoms with van der Waals surface area (Å²) >= 11 is 14.1. The molecule has 0 radical (unpaired) electrons. The molecule has 0 aliphatic rings. The minimum absolute atomic E-state index is 0.442. The van der Waals surface area contributed by atoms with Gasteiger partial charge in [0.15, 0.2) is 5.13 Å². The van der Waals surface area contributed by atoms with Crippen molar-refractivity contribution in [1.82, 2.24) is 9.36 Å². The van der Waals surface area contributed by atoms with E-state index in [-0.39, 0.29) is 0 Å². The first-order valence-electron chi connectivity index (χ1n) is 3.20. The van der Waals surface area contributed by atoms with Crippen LogP contribution in [0.2, 0.25) is 9.36 Å². The Morgan fingerprint density at radius 3 is 2.62 bits per heavy atom. The van der Waals surface area contributed by atoms with E-state index in [4.69, 9.17) is 28.9 Å². The van der Waals surface area contributed by atoms with Gasteiger partial charge in [0.05, 0.1) is 5.02 Å². The largest absolute Gasteiger partial charge is 0.375 e. The molecule has 0 atom stereocenters. The van der Waals surface area contributed by atoms with E-state index in [0.29, 0.717) is 25.9 Å². The van der Waals surface area contributed by atoms with Crippen LogP contribution in [0.15, 0.2) is 5.38 Å². The Bertz CT molecular complexity index is 437. The summed E-state index contributed by atoms with van der Waals surface area (Å²) in [5, 5.41) is 2.74. The average Bonchev–Trinajstić information content (AvgIpc) is 2.62. The van der Waals surface area contributed by atoms with Gasteiger partial charge in [-0.1, -0.05) is 23.2 Å². The first-order chi connectivity index (χ1) is 6.18. The van der Waals surface area contributed by atoms with E-state index < -0.39 is 0 Å². The Hall–Kier alpha value is -0.360. The standard InChI is InChI=1S/C6H3Cl2N3S2/c7-3-4(11-13-5(3)8)2-1-12-6(9)10-2/h1H,(H2,9,10). The van der Waals surface area contributed by atoms with Gasteiger partial charge in [-0.3, -0.25) is 0 Å². The Balaban J connectivity index is 2.52. The highest BCUT2D eigenvalue weighted by atomic mass is 35.5. The second-order valence-electron chi connectivity index (χ2n) is 2.19. The van der Waals surface area contributed by atoms with Gasteiger partial charge in [-0.2, -0.15) is 4.37 Å². The van der Waals surface area contributed by atoms with Crippen molar-refractivity contribution in [2.75, 3.05) is 5.73 Å². The number of rotatable bonds is 1. The molecule has 0 fully saturated rings. The number of anilines is 1. The zero-order valence-corrected chi connectivity index (χ0v) is 9.27. The molecule has 0 spiro atoms. The maximum absolute atomic E-state index is 5.89. The van der Waals surface area contributed by atoms with Crippen molar-refractivity contribution in [2.24, 2.45) is 0 Å². The lowest BCUT2D eigenvalue weighted by molar-refractivity contribution is 1.38. The number of nitrogen functional groups attached to an aromatic ring is 1. The molecule has 0 aromatic carbocycles. The zero-order valence-electron chi connectivity index (χ0n) is 6.12. The van der Waals surface area contributed by atoms with Crippen LogP contribution in [-0.2, 0) is 0 Å². The van der Waals surface area contributed by atoms with Gasteiger partial charge >= 0.3 is 0 Å². The van der Waals surface area contributed by atoms with Crippen molar-refractivity contribution >= 4 is 51.2 Å². The van der Waals surface area contributed by atoms with Gasteiger partial charge in [-0.25, -0.2) is 4.98 Å². The normalized spacial score (nSPS) is 10.6. The van der Waals surface area contributed by atoms with Crippen LogP contribution >= 0.6 is 46.1 Å². The molecule has 0 aliphatic heterocycles. The predicted octanol–water partition coefficient (Wildman–Crippen LogP) is 3.16. The van der Waals surface area contributed by atoms with Crippen molar-refractivity contribution in [3.8, 4) is 11.4 Å². The third-order valence-corrected chi connectivity index (χ3v) is 3.65. The second-order valence-corrected chi connectivity index (χ2v) is 4.83. The van der Waals surface area contributed by atoms with Crippen LogP contribution < -0.4 is 5.73 Å². The Kier molecular flexibility index (Phi) is 2.42. The monoisotopic (exact) mass is 251 g/mol. The maximum atomic E-state index is 5.89. The molecule has 2 N–H and O–H groups in total. The van der Waals surface area contributed by atoms with Gasteiger partial charge in [0.2, 0.25) is 0 Å². The molecule has 0 unspecified atom stereocenters. The third kappa shape index (κ3) is 1.65. The Morgan fingerprint density at radius 2 is 2.15 bits per heavy atom. The molecule has 2 heterocycles. The van der Waals surface area contributed by atoms with E-state index >= 15 is 0 Å². The van der Waals surface area contributed by atoms with Crippen LogP contribution in [0.4, 0.5) is 5.13 Å². The van der Waals surface area contributed by atoms with Crippen LogP contribution in [0.25, 0.3) is 11.4 Å². The number of thiazole rings is 1. The molecule has 68 valence electrons. The van der Waals surface area contributed by atoms with Gasteiger partial charge < -0.3 is 5.73 Å². The highest BCUT2D eigenvalue weighted by Crippen LogP contribution is 2.36. The number of aromatic nitrogens is 2. The molecular weight excluding hydrogens is 249 g/mol. The van der Waals surface area contributed by atoms with E-state index in [1.54, 1.807) is 5.38 Å². The molecule has 0 bridgehead atoms. The summed E-state index contributed by atoms with van der Waals surface area (Å²) in [5.41, 5.74) is 6.76. The Morgan fingerprint density at radius 1 is 1.38 bits per heavy atom. The van der Waals surface area contributed by atoms with Gasteiger partial charge in [-0.05, 0) is 11.5 Å². The fourth-order valence-electron chi connectivity index (χ4n) is 0.815. The minimum atomic E-state index is 0.442. The first-order valence-corrected chi connectivity index (χ1v) is 5.61. The molecule has 0 saturated heterocycles. The quantitative estimate of drug-likeness (QED) is 0.848. The van der Waals surface area contributed by atoms with Crippen LogP contribution in [0.5, 0.6) is 0 Å². The first kappa shape index (κ1) is 9.21. The average molecular weight is 252 g/mol. The van der Waals surface area contributed by atoms with Crippen LogP contribution in [0.1, 0.15) is 0 Å². The van der Waals surface area contributed by atoms with Gasteiger partial charge in [0.1, 0.15) is 15.7 Å². The van der Waals surface area contributed by atoms with Crippen molar-refractivity contribution in [3.05, 3.63) is 14.7 Å². The number of hydrogen-bond acceptors (Lipinski definition) is 5. The maximum Gasteiger partial charge on any atom is 0.180 e. The summed E-state index contributed by atoms with van der Waals surface area (Å²) < 4.78 is 4.54. The highest BCUT2D eigenvalue weighted by molar-refractivity contribution is 7.14. The van der Waals surface area contributed by atoms with Gasteiger partial charge in [0.25, 0.3) is 0 Å². The van der Waals surface area contributed by atoms with Gasteiger partial charge in [-0.15, -0.1) is 11.3 Å². The fourth-order valence-corrected chi connectivity index (χ4v) is 2.38. The van der Waals surface area contributed by atoms with E-state index in [9.17, 15) is 0 Å². The predicted molar refractivity (Wildman–Crippen MR) is 57.7 cm³/mol. The van der Waals surface area contributed by atoms with Crippen molar-refractivity contribution < 1.29 is 0 Å². The summed E-state index contributed by atoms with van der Waals surface area (Å²) in [6.07, 6.45) is 0. The van der Waals surface area contributed by atoms with Crippen LogP contribution in [-0.4, -0.2) is 9.36 Å². The smallest absolute Gasteiger partial charge is 0.180 e. The fraction of sp³-hybridized carbons (Fsp3) is 0. The van der Waals surface area contributed by atoms with E-state index in [0.717, 1.165) is 11.5 Å². The molecule has 2 rings (SSSR count). The SMILES string of the molecule is Nc1nc(-c2nsc(Cl)c2Cl)cs1. The van der Waals surface area contributed by atoms with Crippen LogP contribution in [0.3, 0.4) is 0 Å². The molecule has 3 nitrogen and oxygen atoms in total. The van der Waals surface area contributed by atoms with E-state index in [1.807, 2.05) is 0 Å². The summed E-state index contributed by atoms with van der Waals surface area (Å²) in [4.78, 5) is 4.05. The highest BCUT2D eigenvalue weighted by Gasteiger charge is 2.13. The molecule has 0 aliphatic carbocycles. The zero-order chi connectivity index (χ0) is 9.42. The summed E-state index contributed by atoms with van der Waals surface area (Å²) in [5.74, 6) is 0. The molecule has 7 heteroatoms. The topological polar surface area (TPSA) is 51.8 Å². The van der Waals surface area contributed by atoms with Crippen LogP contribution in [0, 0.1) is 0 Å². The van der Waals surface area contributed by atoms with Crippen molar-refractivity contribution in [3.63, 3.8) is 0 Å². The van der Waals surface area contributed by atoms with Crippen molar-refractivity contribution in [2.45, 2.75) is 0 Å². The van der Waals surface area contributed by atoms with Gasteiger partial charge in [0, 0.05) is 5.38 Å². The van der Waals surface area contributed by atoms with E-state index in [2.05, 4.69) is 9.36 Å². The molecule has 0 saturated carbocycles. The molecular formula is C6H3Cl2N3S2. The molecule has 2 aromatic heterocycles. The second kappa shape index (κ2) is 3.42. The van der Waals surface area contributed by atoms with E-state index in [1.165, 1.54) is 11.3 Å².